The molecule has 0 fully saturated rings. The molecule has 0 bridgehead atoms. The smallest absolute Gasteiger partial charge is 0.173 e. The van der Waals surface area contributed by atoms with Crippen LogP contribution >= 0.6 is 0 Å². The van der Waals surface area contributed by atoms with Crippen LogP contribution in [0.5, 0.6) is 0 Å². The van der Waals surface area contributed by atoms with Crippen molar-refractivity contribution in [3.05, 3.63) is 12.3 Å². The van der Waals surface area contributed by atoms with Crippen LogP contribution in [-0.2, 0) is 6.54 Å². The van der Waals surface area contributed by atoms with Gasteiger partial charge in [-0.25, -0.2) is 4.68 Å². The summed E-state index contributed by atoms with van der Waals surface area (Å²) in [5.74, 6) is 0.965. The summed E-state index contributed by atoms with van der Waals surface area (Å²) in [6.07, 6.45) is 1.65. The molecule has 2 rings (SSSR count). The second-order valence-corrected chi connectivity index (χ2v) is 1.99. The standard InChI is InChI=1S/C5H5N5/c6-4-3-10-5(9-8-4)1-2-7-10/h1-2,6H,3H2. The van der Waals surface area contributed by atoms with E-state index in [9.17, 15) is 0 Å². The van der Waals surface area contributed by atoms with Crippen LogP contribution in [0.15, 0.2) is 22.5 Å². The summed E-state index contributed by atoms with van der Waals surface area (Å²) < 4.78 is 1.63. The Bertz CT molecular complexity index is 297. The fourth-order valence-electron chi connectivity index (χ4n) is 0.818. The first-order chi connectivity index (χ1) is 4.86. The van der Waals surface area contributed by atoms with Crippen molar-refractivity contribution in [1.29, 1.82) is 5.41 Å². The van der Waals surface area contributed by atoms with Gasteiger partial charge in [0.25, 0.3) is 0 Å². The van der Waals surface area contributed by atoms with Gasteiger partial charge in [-0.15, -0.1) is 10.2 Å². The number of rotatable bonds is 0. The van der Waals surface area contributed by atoms with Gasteiger partial charge in [-0.2, -0.15) is 5.10 Å². The summed E-state index contributed by atoms with van der Waals surface area (Å²) in [7, 11) is 0. The normalized spacial score (nSPS) is 15.4. The molecule has 0 saturated carbocycles. The minimum atomic E-state index is 0.246. The summed E-state index contributed by atoms with van der Waals surface area (Å²) in [6, 6.07) is 1.76. The van der Waals surface area contributed by atoms with Gasteiger partial charge in [0.05, 0.1) is 6.20 Å². The van der Waals surface area contributed by atoms with E-state index in [2.05, 4.69) is 15.3 Å². The molecular weight excluding hydrogens is 130 g/mol. The maximum absolute atomic E-state index is 7.14. The second-order valence-electron chi connectivity index (χ2n) is 1.99. The highest BCUT2D eigenvalue weighted by molar-refractivity contribution is 5.80. The number of hydrogen-bond donors (Lipinski definition) is 1. The van der Waals surface area contributed by atoms with Crippen molar-refractivity contribution >= 4 is 11.7 Å². The zero-order valence-electron chi connectivity index (χ0n) is 5.15. The van der Waals surface area contributed by atoms with Crippen molar-refractivity contribution in [2.45, 2.75) is 6.54 Å². The fraction of sp³-hybridized carbons (Fsp3) is 0.200. The average Bonchev–Trinajstić information content (AvgIpc) is 2.33. The third kappa shape index (κ3) is 0.637. The Balaban J connectivity index is 2.52. The third-order valence-corrected chi connectivity index (χ3v) is 1.27. The van der Waals surface area contributed by atoms with Crippen molar-refractivity contribution in [3.8, 4) is 0 Å². The van der Waals surface area contributed by atoms with E-state index < -0.39 is 0 Å². The number of hydrogen-bond acceptors (Lipinski definition) is 3. The van der Waals surface area contributed by atoms with Crippen LogP contribution in [0.4, 0.5) is 5.82 Å². The molecule has 0 aliphatic carbocycles. The van der Waals surface area contributed by atoms with E-state index in [4.69, 9.17) is 5.41 Å². The van der Waals surface area contributed by atoms with Crippen LogP contribution in [0.25, 0.3) is 0 Å². The minimum Gasteiger partial charge on any atom is -0.283 e. The Morgan fingerprint density at radius 2 is 2.40 bits per heavy atom. The molecule has 0 spiro atoms. The lowest BCUT2D eigenvalue weighted by Gasteiger charge is -2.04. The Morgan fingerprint density at radius 3 is 3.30 bits per heavy atom. The second kappa shape index (κ2) is 1.73. The Morgan fingerprint density at radius 1 is 1.50 bits per heavy atom. The number of amidine groups is 1. The van der Waals surface area contributed by atoms with Gasteiger partial charge in [0, 0.05) is 6.07 Å². The van der Waals surface area contributed by atoms with Crippen LogP contribution in [0.2, 0.25) is 0 Å². The van der Waals surface area contributed by atoms with Gasteiger partial charge in [-0.3, -0.25) is 5.41 Å². The van der Waals surface area contributed by atoms with Crippen LogP contribution in [0, 0.1) is 5.41 Å². The van der Waals surface area contributed by atoms with E-state index in [1.165, 1.54) is 0 Å². The largest absolute Gasteiger partial charge is 0.283 e. The number of nitrogens with one attached hydrogen (secondary N) is 1. The molecule has 50 valence electrons. The summed E-state index contributed by atoms with van der Waals surface area (Å²) in [5, 5.41) is 18.4. The summed E-state index contributed by atoms with van der Waals surface area (Å²) in [4.78, 5) is 0. The molecule has 1 aliphatic heterocycles. The van der Waals surface area contributed by atoms with Gasteiger partial charge in [0.1, 0.15) is 6.54 Å². The first kappa shape index (κ1) is 5.28. The van der Waals surface area contributed by atoms with Crippen molar-refractivity contribution in [2.75, 3.05) is 0 Å². The average molecular weight is 135 g/mol. The van der Waals surface area contributed by atoms with Gasteiger partial charge < -0.3 is 0 Å². The molecular formula is C5H5N5. The van der Waals surface area contributed by atoms with Gasteiger partial charge in [-0.05, 0) is 0 Å². The summed E-state index contributed by atoms with van der Waals surface area (Å²) in [6.45, 7) is 0.436. The molecule has 0 aromatic carbocycles. The van der Waals surface area contributed by atoms with E-state index in [0.717, 1.165) is 5.82 Å². The number of aromatic nitrogens is 2. The predicted molar refractivity (Wildman–Crippen MR) is 34.5 cm³/mol. The highest BCUT2D eigenvalue weighted by Gasteiger charge is 2.08. The molecule has 0 atom stereocenters. The lowest BCUT2D eigenvalue weighted by molar-refractivity contribution is 0.697. The topological polar surface area (TPSA) is 66.4 Å². The zero-order valence-corrected chi connectivity index (χ0v) is 5.15. The molecule has 10 heavy (non-hydrogen) atoms. The summed E-state index contributed by atoms with van der Waals surface area (Å²) in [5.41, 5.74) is 0. The zero-order chi connectivity index (χ0) is 6.97. The summed E-state index contributed by atoms with van der Waals surface area (Å²) >= 11 is 0. The third-order valence-electron chi connectivity index (χ3n) is 1.27. The first-order valence-corrected chi connectivity index (χ1v) is 2.87. The molecule has 0 saturated heterocycles. The molecule has 1 N–H and O–H groups in total. The number of nitrogens with zero attached hydrogens (tertiary/aromatic N) is 4. The quantitative estimate of drug-likeness (QED) is 0.565. The first-order valence-electron chi connectivity index (χ1n) is 2.87. The van der Waals surface area contributed by atoms with Crippen molar-refractivity contribution < 1.29 is 0 Å². The molecule has 0 radical (unpaired) electrons. The SMILES string of the molecule is N=C1Cn2nccc2N=N1. The molecule has 0 unspecified atom stereocenters. The van der Waals surface area contributed by atoms with Crippen molar-refractivity contribution in [1.82, 2.24) is 9.78 Å². The molecule has 0 amide bonds. The van der Waals surface area contributed by atoms with Crippen LogP contribution in [0.3, 0.4) is 0 Å². The molecule has 1 aliphatic rings. The van der Waals surface area contributed by atoms with Crippen molar-refractivity contribution in [2.24, 2.45) is 10.2 Å². The van der Waals surface area contributed by atoms with Crippen LogP contribution in [-0.4, -0.2) is 15.6 Å². The fourth-order valence-corrected chi connectivity index (χ4v) is 0.818. The molecule has 1 aromatic heterocycles. The van der Waals surface area contributed by atoms with Gasteiger partial charge in [0.15, 0.2) is 11.7 Å². The lowest BCUT2D eigenvalue weighted by Crippen LogP contribution is -2.10. The molecule has 1 aromatic rings. The van der Waals surface area contributed by atoms with Crippen LogP contribution < -0.4 is 0 Å². The Hall–Kier alpha value is -1.52. The highest BCUT2D eigenvalue weighted by Crippen LogP contribution is 2.14. The van der Waals surface area contributed by atoms with E-state index in [0.29, 0.717) is 6.54 Å². The number of fused-ring (bicyclic) bond motifs is 1. The predicted octanol–water partition coefficient (Wildman–Crippen LogP) is 0.958. The van der Waals surface area contributed by atoms with E-state index >= 15 is 0 Å². The van der Waals surface area contributed by atoms with Gasteiger partial charge >= 0.3 is 0 Å². The maximum Gasteiger partial charge on any atom is 0.173 e. The maximum atomic E-state index is 7.14. The van der Waals surface area contributed by atoms with Gasteiger partial charge in [-0.1, -0.05) is 0 Å². The van der Waals surface area contributed by atoms with Crippen molar-refractivity contribution in [3.63, 3.8) is 0 Å². The molecule has 5 nitrogen and oxygen atoms in total. The Kier molecular flexibility index (Phi) is 0.913. The van der Waals surface area contributed by atoms with Gasteiger partial charge in [0.2, 0.25) is 0 Å². The lowest BCUT2D eigenvalue weighted by atomic mass is 10.5. The van der Waals surface area contributed by atoms with Crippen LogP contribution in [0.1, 0.15) is 0 Å². The van der Waals surface area contributed by atoms with E-state index in [1.54, 1.807) is 16.9 Å². The molecule has 5 heteroatoms. The minimum absolute atomic E-state index is 0.246. The monoisotopic (exact) mass is 135 g/mol. The highest BCUT2D eigenvalue weighted by atomic mass is 15.4. The van der Waals surface area contributed by atoms with E-state index in [1.807, 2.05) is 0 Å². The Labute approximate surface area is 56.9 Å². The molecule has 2 heterocycles. The van der Waals surface area contributed by atoms with E-state index in [-0.39, 0.29) is 5.84 Å². The number of azo groups is 1.